The summed E-state index contributed by atoms with van der Waals surface area (Å²) in [4.78, 5) is 5.45. The predicted molar refractivity (Wildman–Crippen MR) is 130 cm³/mol. The largest absolute Gasteiger partial charge is 0.494 e. The molecule has 0 aliphatic rings. The summed E-state index contributed by atoms with van der Waals surface area (Å²) in [5.74, 6) is 1.34. The molecule has 3 aromatic carbocycles. The van der Waals surface area contributed by atoms with Crippen LogP contribution < -0.4 is 9.47 Å². The van der Waals surface area contributed by atoms with E-state index in [1.54, 1.807) is 0 Å². The highest BCUT2D eigenvalue weighted by Crippen LogP contribution is 2.37. The number of ether oxygens (including phenoxy) is 2. The Morgan fingerprint density at radius 3 is 1.47 bits per heavy atom. The van der Waals surface area contributed by atoms with Crippen molar-refractivity contribution in [2.45, 2.75) is 18.4 Å². The average Bonchev–Trinajstić information content (AvgIpc) is 2.89. The first kappa shape index (κ1) is 24.5. The van der Waals surface area contributed by atoms with Crippen LogP contribution in [0.25, 0.3) is 20.9 Å². The van der Waals surface area contributed by atoms with Gasteiger partial charge in [-0.25, -0.2) is 0 Å². The first-order chi connectivity index (χ1) is 16.7. The van der Waals surface area contributed by atoms with Crippen LogP contribution in [0.2, 0.25) is 0 Å². The number of benzene rings is 3. The number of nitrogens with zero attached hydrogens (tertiary/aromatic N) is 6. The van der Waals surface area contributed by atoms with Gasteiger partial charge in [-0.3, -0.25) is 0 Å². The Kier molecular flexibility index (Phi) is 9.19. The van der Waals surface area contributed by atoms with Gasteiger partial charge in [0.1, 0.15) is 17.1 Å². The van der Waals surface area contributed by atoms with Crippen molar-refractivity contribution in [2.75, 3.05) is 26.3 Å². The molecule has 0 aromatic heterocycles. The second kappa shape index (κ2) is 12.8. The van der Waals surface area contributed by atoms with Crippen molar-refractivity contribution < 1.29 is 14.6 Å². The van der Waals surface area contributed by atoms with Gasteiger partial charge in [-0.2, -0.15) is 0 Å². The van der Waals surface area contributed by atoms with E-state index >= 15 is 0 Å². The molecule has 0 aliphatic heterocycles. The fraction of sp³-hybridized carbons (Fsp3) is 0.280. The molecular formula is C25H26N6O3. The van der Waals surface area contributed by atoms with E-state index in [0.29, 0.717) is 61.8 Å². The molecule has 0 radical (unpaired) electrons. The molecule has 0 amide bonds. The van der Waals surface area contributed by atoms with E-state index in [0.717, 1.165) is 5.56 Å². The predicted octanol–water partition coefficient (Wildman–Crippen LogP) is 6.13. The second-order valence-corrected chi connectivity index (χ2v) is 7.44. The third kappa shape index (κ3) is 6.43. The lowest BCUT2D eigenvalue weighted by atomic mass is 9.80. The summed E-state index contributed by atoms with van der Waals surface area (Å²) in [7, 11) is 0. The minimum absolute atomic E-state index is 0.385. The number of hydrogen-bond donors (Lipinski definition) is 1. The van der Waals surface area contributed by atoms with Crippen molar-refractivity contribution in [3.8, 4) is 11.5 Å². The van der Waals surface area contributed by atoms with E-state index in [-0.39, 0.29) is 0 Å². The van der Waals surface area contributed by atoms with Gasteiger partial charge in [-0.1, -0.05) is 64.8 Å². The monoisotopic (exact) mass is 458 g/mol. The highest BCUT2D eigenvalue weighted by Gasteiger charge is 2.33. The molecule has 34 heavy (non-hydrogen) atoms. The lowest BCUT2D eigenvalue weighted by Crippen LogP contribution is -2.28. The summed E-state index contributed by atoms with van der Waals surface area (Å²) in [6.07, 6.45) is 1.25. The lowest BCUT2D eigenvalue weighted by molar-refractivity contribution is 0.125. The number of azide groups is 2. The van der Waals surface area contributed by atoms with Crippen LogP contribution in [0.15, 0.2) is 89.1 Å². The molecule has 0 bridgehead atoms. The topological polar surface area (TPSA) is 136 Å². The van der Waals surface area contributed by atoms with Crippen molar-refractivity contribution >= 4 is 0 Å². The molecule has 174 valence electrons. The van der Waals surface area contributed by atoms with E-state index in [1.807, 2.05) is 78.9 Å². The molecule has 0 saturated heterocycles. The molecule has 1 N–H and O–H groups in total. The molecule has 0 fully saturated rings. The van der Waals surface area contributed by atoms with Crippen LogP contribution in [0.5, 0.6) is 11.5 Å². The molecule has 3 aromatic rings. The summed E-state index contributed by atoms with van der Waals surface area (Å²) in [5, 5.41) is 19.0. The van der Waals surface area contributed by atoms with Gasteiger partial charge in [-0.05, 0) is 64.9 Å². The van der Waals surface area contributed by atoms with Crippen LogP contribution in [0.3, 0.4) is 0 Å². The lowest BCUT2D eigenvalue weighted by Gasteiger charge is -2.30. The van der Waals surface area contributed by atoms with Crippen LogP contribution >= 0.6 is 0 Å². The van der Waals surface area contributed by atoms with E-state index in [1.165, 1.54) is 0 Å². The van der Waals surface area contributed by atoms with E-state index < -0.39 is 5.60 Å². The van der Waals surface area contributed by atoms with Gasteiger partial charge in [0.2, 0.25) is 0 Å². The third-order valence-electron chi connectivity index (χ3n) is 5.20. The van der Waals surface area contributed by atoms with Crippen LogP contribution in [0, 0.1) is 0 Å². The van der Waals surface area contributed by atoms with Crippen molar-refractivity contribution in [2.24, 2.45) is 10.2 Å². The number of aliphatic hydroxyl groups is 1. The maximum Gasteiger partial charge on any atom is 0.140 e. The maximum absolute atomic E-state index is 12.0. The first-order valence-corrected chi connectivity index (χ1v) is 10.9. The van der Waals surface area contributed by atoms with Gasteiger partial charge in [0.15, 0.2) is 0 Å². The van der Waals surface area contributed by atoms with Gasteiger partial charge < -0.3 is 14.6 Å². The molecule has 9 heteroatoms. The Hall–Kier alpha value is -4.16. The third-order valence-corrected chi connectivity index (χ3v) is 5.20. The standard InChI is InChI=1S/C25H26N6O3/c26-30-28-16-4-18-33-23-12-8-21(9-13-23)25(32,20-6-2-1-3-7-20)22-10-14-24(15-11-22)34-19-5-17-29-31-27/h1-3,6-15,32H,4-5,16-19H2. The molecule has 9 nitrogen and oxygen atoms in total. The maximum atomic E-state index is 12.0. The highest BCUT2D eigenvalue weighted by atomic mass is 16.5. The van der Waals surface area contributed by atoms with Gasteiger partial charge >= 0.3 is 0 Å². The number of rotatable bonds is 13. The quantitative estimate of drug-likeness (QED) is 0.108. The van der Waals surface area contributed by atoms with Crippen molar-refractivity contribution in [1.29, 1.82) is 0 Å². The Morgan fingerprint density at radius 2 is 1.06 bits per heavy atom. The normalized spacial score (nSPS) is 12.0. The van der Waals surface area contributed by atoms with Gasteiger partial charge in [-0.15, -0.1) is 0 Å². The molecule has 0 saturated carbocycles. The number of hydrogen-bond acceptors (Lipinski definition) is 5. The van der Waals surface area contributed by atoms with Crippen molar-refractivity contribution in [3.63, 3.8) is 0 Å². The van der Waals surface area contributed by atoms with E-state index in [2.05, 4.69) is 20.1 Å². The van der Waals surface area contributed by atoms with Crippen LogP contribution in [-0.4, -0.2) is 31.4 Å². The van der Waals surface area contributed by atoms with Gasteiger partial charge in [0.05, 0.1) is 13.2 Å². The van der Waals surface area contributed by atoms with Crippen molar-refractivity contribution in [1.82, 2.24) is 0 Å². The Morgan fingerprint density at radius 1 is 0.647 bits per heavy atom. The minimum atomic E-state index is -1.37. The highest BCUT2D eigenvalue weighted by molar-refractivity contribution is 5.49. The van der Waals surface area contributed by atoms with Crippen molar-refractivity contribution in [3.05, 3.63) is 116 Å². The van der Waals surface area contributed by atoms with Crippen LogP contribution in [0.1, 0.15) is 29.5 Å². The molecule has 3 rings (SSSR count). The minimum Gasteiger partial charge on any atom is -0.494 e. The smallest absolute Gasteiger partial charge is 0.140 e. The summed E-state index contributed by atoms with van der Waals surface area (Å²) in [6.45, 7) is 1.64. The van der Waals surface area contributed by atoms with E-state index in [4.69, 9.17) is 20.5 Å². The van der Waals surface area contributed by atoms with Gasteiger partial charge in [0, 0.05) is 22.9 Å². The molecule has 0 aliphatic carbocycles. The zero-order chi connectivity index (χ0) is 24.1. The zero-order valence-corrected chi connectivity index (χ0v) is 18.7. The fourth-order valence-corrected chi connectivity index (χ4v) is 3.50. The van der Waals surface area contributed by atoms with E-state index in [9.17, 15) is 5.11 Å². The molecule has 0 unspecified atom stereocenters. The summed E-state index contributed by atoms with van der Waals surface area (Å²) in [5.41, 5.74) is 17.4. The average molecular weight is 459 g/mol. The first-order valence-electron chi connectivity index (χ1n) is 10.9. The summed E-state index contributed by atoms with van der Waals surface area (Å²) >= 11 is 0. The fourth-order valence-electron chi connectivity index (χ4n) is 3.50. The summed E-state index contributed by atoms with van der Waals surface area (Å²) < 4.78 is 11.4. The zero-order valence-electron chi connectivity index (χ0n) is 18.7. The SMILES string of the molecule is [N-]=[N+]=NCCCOc1ccc(C(O)(c2ccccc2)c2ccc(OCCCN=[N+]=[N-])cc2)cc1. The van der Waals surface area contributed by atoms with Crippen LogP contribution in [-0.2, 0) is 5.60 Å². The molecule has 0 heterocycles. The Labute approximate surface area is 197 Å². The summed E-state index contributed by atoms with van der Waals surface area (Å²) in [6, 6.07) is 24.1. The molecular weight excluding hydrogens is 432 g/mol. The Bertz CT molecular complexity index is 1050. The molecule has 0 spiro atoms. The van der Waals surface area contributed by atoms with Gasteiger partial charge in [0.25, 0.3) is 0 Å². The van der Waals surface area contributed by atoms with Crippen LogP contribution in [0.4, 0.5) is 0 Å². The Balaban J connectivity index is 1.79. The molecule has 0 atom stereocenters. The second-order valence-electron chi connectivity index (χ2n) is 7.44.